The Balaban J connectivity index is 0.000000660. The van der Waals surface area contributed by atoms with Crippen LogP contribution >= 0.6 is 0 Å². The van der Waals surface area contributed by atoms with Gasteiger partial charge in [-0.3, -0.25) is 19.4 Å². The Morgan fingerprint density at radius 2 is 0.773 bits per heavy atom. The second-order valence-corrected chi connectivity index (χ2v) is 26.4. The maximum Gasteiger partial charge on any atom is 0.408 e. The van der Waals surface area contributed by atoms with Gasteiger partial charge >= 0.3 is 12.2 Å². The van der Waals surface area contributed by atoms with Crippen LogP contribution in [0.1, 0.15) is 205 Å². The lowest BCUT2D eigenvalue weighted by atomic mass is 9.77. The van der Waals surface area contributed by atoms with E-state index < -0.39 is 34.2 Å². The lowest BCUT2D eigenvalue weighted by Crippen LogP contribution is -2.63. The Bertz CT molecular complexity index is 1550. The summed E-state index contributed by atoms with van der Waals surface area (Å²) in [5.74, 6) is 0.801. The van der Waals surface area contributed by atoms with Crippen LogP contribution in [0.2, 0.25) is 0 Å². The molecule has 0 aromatic carbocycles. The smallest absolute Gasteiger partial charge is 0.408 e. The number of piperidine rings is 2. The molecular formula is C54H102N6O6. The molecule has 0 saturated carbocycles. The van der Waals surface area contributed by atoms with Gasteiger partial charge in [-0.2, -0.15) is 0 Å². The van der Waals surface area contributed by atoms with Crippen molar-refractivity contribution in [1.82, 2.24) is 31.1 Å². The summed E-state index contributed by atoms with van der Waals surface area (Å²) in [6.07, 6.45) is 8.32. The molecule has 12 nitrogen and oxygen atoms in total. The lowest BCUT2D eigenvalue weighted by Gasteiger charge is -2.54. The van der Waals surface area contributed by atoms with E-state index in [2.05, 4.69) is 128 Å². The first kappa shape index (κ1) is 60.9. The Morgan fingerprint density at radius 1 is 0.530 bits per heavy atom. The summed E-state index contributed by atoms with van der Waals surface area (Å²) in [4.78, 5) is 56.4. The van der Waals surface area contributed by atoms with Crippen LogP contribution < -0.4 is 21.3 Å². The normalized spacial score (nSPS) is 21.0. The number of hydrogen-bond donors (Lipinski definition) is 4. The van der Waals surface area contributed by atoms with Gasteiger partial charge in [-0.15, -0.1) is 0 Å². The molecule has 384 valence electrons. The SMILES string of the molecule is C/C(=C\C(C)(C)C(=O)NC1CC(C)(C)N(C)C(C)(C)C1)[C@@H](CC(C)C)NC(=O)OC(C)(C)C.C/C(=C\C(C)(C)C(=O)NC1CC(C)(C)N(C)C(C)(C)C1)[C@H](CC(C)C)NC(=O)OC(C)(C)C. The van der Waals surface area contributed by atoms with Crippen LogP contribution in [0.3, 0.4) is 0 Å². The van der Waals surface area contributed by atoms with Crippen molar-refractivity contribution in [2.45, 2.75) is 262 Å². The molecule has 2 saturated heterocycles. The third-order valence-electron chi connectivity index (χ3n) is 13.5. The summed E-state index contributed by atoms with van der Waals surface area (Å²) in [6.45, 7) is 49.2. The van der Waals surface area contributed by atoms with Crippen molar-refractivity contribution in [2.75, 3.05) is 14.1 Å². The molecule has 0 aliphatic carbocycles. The van der Waals surface area contributed by atoms with Crippen molar-refractivity contribution in [3.05, 3.63) is 23.3 Å². The number of amides is 4. The van der Waals surface area contributed by atoms with Gasteiger partial charge in [0.15, 0.2) is 0 Å². The number of likely N-dealkylation sites (tertiary alicyclic amines) is 2. The van der Waals surface area contributed by atoms with Gasteiger partial charge in [0.05, 0.1) is 22.9 Å². The number of rotatable bonds is 14. The first-order valence-electron chi connectivity index (χ1n) is 24.8. The van der Waals surface area contributed by atoms with Gasteiger partial charge in [0.25, 0.3) is 0 Å². The third-order valence-corrected chi connectivity index (χ3v) is 13.5. The Hall–Kier alpha value is -3.12. The number of hydrogen-bond acceptors (Lipinski definition) is 8. The fourth-order valence-electron chi connectivity index (χ4n) is 9.72. The molecule has 4 amide bonds. The van der Waals surface area contributed by atoms with Crippen LogP contribution in [0.4, 0.5) is 9.59 Å². The zero-order valence-electron chi connectivity index (χ0n) is 47.2. The molecular weight excluding hydrogens is 829 g/mol. The molecule has 0 radical (unpaired) electrons. The fourth-order valence-corrected chi connectivity index (χ4v) is 9.72. The molecule has 66 heavy (non-hydrogen) atoms. The molecule has 2 rings (SSSR count). The largest absolute Gasteiger partial charge is 0.444 e. The van der Waals surface area contributed by atoms with Gasteiger partial charge in [-0.25, -0.2) is 9.59 Å². The van der Waals surface area contributed by atoms with E-state index in [9.17, 15) is 19.2 Å². The summed E-state index contributed by atoms with van der Waals surface area (Å²) < 4.78 is 10.9. The van der Waals surface area contributed by atoms with Crippen molar-refractivity contribution < 1.29 is 28.7 Å². The van der Waals surface area contributed by atoms with Gasteiger partial charge in [0, 0.05) is 34.2 Å². The van der Waals surface area contributed by atoms with Gasteiger partial charge < -0.3 is 30.7 Å². The second-order valence-electron chi connectivity index (χ2n) is 26.4. The number of nitrogens with one attached hydrogen (secondary N) is 4. The molecule has 12 heteroatoms. The zero-order chi connectivity index (χ0) is 52.0. The molecule has 4 N–H and O–H groups in total. The highest BCUT2D eigenvalue weighted by molar-refractivity contribution is 5.85. The number of nitrogens with zero attached hydrogens (tertiary/aromatic N) is 2. The minimum absolute atomic E-state index is 0.00922. The second kappa shape index (κ2) is 22.5. The van der Waals surface area contributed by atoms with Crippen molar-refractivity contribution in [3.8, 4) is 0 Å². The summed E-state index contributed by atoms with van der Waals surface area (Å²) in [6, 6.07) is -0.127. The summed E-state index contributed by atoms with van der Waals surface area (Å²) in [5.41, 5.74) is -0.538. The van der Waals surface area contributed by atoms with Crippen molar-refractivity contribution in [1.29, 1.82) is 0 Å². The van der Waals surface area contributed by atoms with Crippen molar-refractivity contribution >= 4 is 24.0 Å². The molecule has 0 aromatic heterocycles. The monoisotopic (exact) mass is 931 g/mol. The fraction of sp³-hybridized carbons (Fsp3) is 0.852. The highest BCUT2D eigenvalue weighted by Crippen LogP contribution is 2.39. The quantitative estimate of drug-likeness (QED) is 0.126. The lowest BCUT2D eigenvalue weighted by molar-refractivity contribution is -0.130. The summed E-state index contributed by atoms with van der Waals surface area (Å²) in [7, 11) is 4.33. The minimum atomic E-state index is -0.702. The Kier molecular flexibility index (Phi) is 20.8. The average Bonchev–Trinajstić information content (AvgIpc) is 3.06. The van der Waals surface area contributed by atoms with Crippen molar-refractivity contribution in [3.63, 3.8) is 0 Å². The van der Waals surface area contributed by atoms with Crippen LogP contribution in [0.15, 0.2) is 23.3 Å². The molecule has 0 unspecified atom stereocenters. The minimum Gasteiger partial charge on any atom is -0.444 e. The van der Waals surface area contributed by atoms with Crippen LogP contribution in [0, 0.1) is 22.7 Å². The van der Waals surface area contributed by atoms with Gasteiger partial charge in [-0.1, -0.05) is 51.0 Å². The maximum absolute atomic E-state index is 13.3. The van der Waals surface area contributed by atoms with E-state index in [1.165, 1.54) is 0 Å². The van der Waals surface area contributed by atoms with E-state index in [0.717, 1.165) is 49.7 Å². The van der Waals surface area contributed by atoms with Crippen LogP contribution in [0.25, 0.3) is 0 Å². The van der Waals surface area contributed by atoms with E-state index in [0.29, 0.717) is 11.8 Å². The molecule has 0 spiro atoms. The average molecular weight is 931 g/mol. The van der Waals surface area contributed by atoms with Crippen LogP contribution in [0.5, 0.6) is 0 Å². The van der Waals surface area contributed by atoms with Crippen LogP contribution in [-0.2, 0) is 19.1 Å². The topological polar surface area (TPSA) is 141 Å². The van der Waals surface area contributed by atoms with E-state index >= 15 is 0 Å². The molecule has 2 fully saturated rings. The molecule has 2 aliphatic heterocycles. The first-order chi connectivity index (χ1) is 29.3. The first-order valence-corrected chi connectivity index (χ1v) is 24.8. The summed E-state index contributed by atoms with van der Waals surface area (Å²) in [5, 5.41) is 12.7. The number of carbonyl (C=O) groups is 4. The predicted octanol–water partition coefficient (Wildman–Crippen LogP) is 11.3. The molecule has 2 heterocycles. The van der Waals surface area contributed by atoms with Gasteiger partial charge in [0.2, 0.25) is 11.8 Å². The maximum atomic E-state index is 13.3. The highest BCUT2D eigenvalue weighted by atomic mass is 16.6. The number of alkyl carbamates (subject to hydrolysis) is 2. The number of ether oxygens (including phenoxy) is 2. The van der Waals surface area contributed by atoms with E-state index in [1.54, 1.807) is 0 Å². The standard InChI is InChI=1S/2C27H51N3O3/c2*1-18(2)14-21(29-23(32)33-24(4,5)6)19(3)15-25(7,8)22(31)28-20-16-26(9,10)30(13)27(11,12)17-20/h2*15,18,20-21H,14,16-17H2,1-13H3,(H,28,31)(H,29,32)/b2*19-15+/t2*21-/m10/s1. The molecule has 0 bridgehead atoms. The Labute approximate surface area is 404 Å². The zero-order valence-corrected chi connectivity index (χ0v) is 47.2. The van der Waals surface area contributed by atoms with Gasteiger partial charge in [-0.05, 0) is 203 Å². The molecule has 2 aliphatic rings. The van der Waals surface area contributed by atoms with Gasteiger partial charge in [0.1, 0.15) is 11.2 Å². The van der Waals surface area contributed by atoms with Crippen molar-refractivity contribution in [2.24, 2.45) is 22.7 Å². The molecule has 0 aromatic rings. The number of carbonyl (C=O) groups excluding carboxylic acids is 4. The predicted molar refractivity (Wildman–Crippen MR) is 274 cm³/mol. The Morgan fingerprint density at radius 3 is 0.985 bits per heavy atom. The summed E-state index contributed by atoms with van der Waals surface area (Å²) >= 11 is 0. The van der Waals surface area contributed by atoms with Crippen LogP contribution in [-0.4, -0.2) is 105 Å². The highest BCUT2D eigenvalue weighted by Gasteiger charge is 2.46. The van der Waals surface area contributed by atoms with E-state index in [4.69, 9.17) is 9.47 Å². The molecule has 2 atom stereocenters. The van der Waals surface area contributed by atoms with E-state index in [1.807, 2.05) is 95.2 Å². The third kappa shape index (κ3) is 19.8. The van der Waals surface area contributed by atoms with E-state index in [-0.39, 0.29) is 58.1 Å².